The molecule has 1 amide bonds. The van der Waals surface area contributed by atoms with Crippen molar-refractivity contribution in [2.45, 2.75) is 20.4 Å². The molecule has 2 N–H and O–H groups in total. The van der Waals surface area contributed by atoms with Crippen molar-refractivity contribution < 1.29 is 4.79 Å². The summed E-state index contributed by atoms with van der Waals surface area (Å²) in [5, 5.41) is 3.17. The van der Waals surface area contributed by atoms with E-state index in [1.54, 1.807) is 25.1 Å². The Hall–Kier alpha value is -2.67. The predicted molar refractivity (Wildman–Crippen MR) is 101 cm³/mol. The van der Waals surface area contributed by atoms with Crippen molar-refractivity contribution >= 4 is 38.4 Å². The van der Waals surface area contributed by atoms with Crippen LogP contribution in [0.25, 0.3) is 10.9 Å². The van der Waals surface area contributed by atoms with Crippen LogP contribution in [-0.2, 0) is 6.54 Å². The highest BCUT2D eigenvalue weighted by molar-refractivity contribution is 9.10. The number of carbonyl (C=O) groups excluding carboxylic acids is 1. The van der Waals surface area contributed by atoms with Crippen LogP contribution < -0.4 is 16.6 Å². The topological polar surface area (TPSA) is 84.0 Å². The van der Waals surface area contributed by atoms with Gasteiger partial charge in [0.05, 0.1) is 10.9 Å². The number of carbonyl (C=O) groups is 1. The zero-order valence-corrected chi connectivity index (χ0v) is 15.3. The maximum atomic E-state index is 12.4. The number of hydrogen-bond acceptors (Lipinski definition) is 3. The number of H-pyrrole nitrogens is 1. The molecule has 0 spiro atoms. The quantitative estimate of drug-likeness (QED) is 0.707. The van der Waals surface area contributed by atoms with Crippen LogP contribution in [0.3, 0.4) is 0 Å². The molecule has 3 aromatic rings. The summed E-state index contributed by atoms with van der Waals surface area (Å²) >= 11 is 3.43. The Balaban J connectivity index is 1.98. The number of rotatable bonds is 3. The molecule has 6 nitrogen and oxygen atoms in total. The lowest BCUT2D eigenvalue weighted by Gasteiger charge is -2.08. The summed E-state index contributed by atoms with van der Waals surface area (Å²) in [6, 6.07) is 10.2. The molecule has 0 atom stereocenters. The molecule has 0 bridgehead atoms. The van der Waals surface area contributed by atoms with Crippen LogP contribution in [0.1, 0.15) is 22.8 Å². The van der Waals surface area contributed by atoms with Gasteiger partial charge < -0.3 is 10.3 Å². The van der Waals surface area contributed by atoms with Gasteiger partial charge in [0.1, 0.15) is 0 Å². The van der Waals surface area contributed by atoms with E-state index in [0.29, 0.717) is 22.2 Å². The van der Waals surface area contributed by atoms with Crippen LogP contribution in [0.4, 0.5) is 5.69 Å². The Bertz CT molecular complexity index is 1100. The van der Waals surface area contributed by atoms with Gasteiger partial charge in [0.2, 0.25) is 0 Å². The van der Waals surface area contributed by atoms with Gasteiger partial charge >= 0.3 is 5.69 Å². The predicted octanol–water partition coefficient (Wildman–Crippen LogP) is 3.03. The van der Waals surface area contributed by atoms with E-state index in [9.17, 15) is 14.4 Å². The fraction of sp³-hybridized carbons (Fsp3) is 0.167. The van der Waals surface area contributed by atoms with Crippen molar-refractivity contribution in [3.63, 3.8) is 0 Å². The third kappa shape index (κ3) is 3.28. The number of nitrogens with zero attached hydrogens (tertiary/aromatic N) is 1. The molecule has 1 aromatic heterocycles. The number of hydrogen-bond donors (Lipinski definition) is 2. The van der Waals surface area contributed by atoms with E-state index in [1.165, 1.54) is 6.07 Å². The molecule has 0 aliphatic heterocycles. The minimum absolute atomic E-state index is 0.286. The largest absolute Gasteiger partial charge is 0.328 e. The molecule has 25 heavy (non-hydrogen) atoms. The molecule has 0 aliphatic rings. The molecule has 0 radical (unpaired) electrons. The molecule has 0 fully saturated rings. The number of benzene rings is 2. The Labute approximate surface area is 151 Å². The molecule has 1 heterocycles. The number of nitrogens with one attached hydrogen (secondary N) is 2. The van der Waals surface area contributed by atoms with Crippen molar-refractivity contribution in [1.82, 2.24) is 9.55 Å². The zero-order valence-electron chi connectivity index (χ0n) is 13.7. The molecule has 0 saturated heterocycles. The third-order valence-corrected chi connectivity index (χ3v) is 4.84. The summed E-state index contributed by atoms with van der Waals surface area (Å²) in [5.41, 5.74) is 1.56. The summed E-state index contributed by atoms with van der Waals surface area (Å²) in [5.74, 6) is -0.321. The van der Waals surface area contributed by atoms with E-state index in [4.69, 9.17) is 0 Å². The van der Waals surface area contributed by atoms with Gasteiger partial charge in [-0.1, -0.05) is 22.0 Å². The van der Waals surface area contributed by atoms with Gasteiger partial charge in [-0.3, -0.25) is 14.2 Å². The van der Waals surface area contributed by atoms with Crippen LogP contribution in [0.2, 0.25) is 0 Å². The molecule has 2 aromatic carbocycles. The lowest BCUT2D eigenvalue weighted by molar-refractivity contribution is 0.102. The average Bonchev–Trinajstić information content (AvgIpc) is 2.58. The third-order valence-electron chi connectivity index (χ3n) is 3.99. The summed E-state index contributed by atoms with van der Waals surface area (Å²) in [6.45, 7) is 3.97. The van der Waals surface area contributed by atoms with Crippen molar-refractivity contribution in [2.24, 2.45) is 0 Å². The maximum absolute atomic E-state index is 12.4. The van der Waals surface area contributed by atoms with E-state index in [1.807, 2.05) is 19.1 Å². The minimum atomic E-state index is -0.486. The normalized spacial score (nSPS) is 10.8. The van der Waals surface area contributed by atoms with Crippen molar-refractivity contribution in [2.75, 3.05) is 5.32 Å². The summed E-state index contributed by atoms with van der Waals surface area (Å²) in [4.78, 5) is 39.3. The summed E-state index contributed by atoms with van der Waals surface area (Å²) in [6.07, 6.45) is 0. The van der Waals surface area contributed by atoms with Gasteiger partial charge in [0.25, 0.3) is 11.5 Å². The van der Waals surface area contributed by atoms with Gasteiger partial charge in [-0.15, -0.1) is 0 Å². The number of amides is 1. The molecule has 3 rings (SSSR count). The van der Waals surface area contributed by atoms with Crippen LogP contribution >= 0.6 is 15.9 Å². The van der Waals surface area contributed by atoms with Crippen LogP contribution in [0.15, 0.2) is 50.5 Å². The van der Waals surface area contributed by atoms with E-state index >= 15 is 0 Å². The van der Waals surface area contributed by atoms with E-state index in [2.05, 4.69) is 26.2 Å². The van der Waals surface area contributed by atoms with E-state index in [-0.39, 0.29) is 18.0 Å². The Morgan fingerprint density at radius 2 is 1.96 bits per heavy atom. The Morgan fingerprint density at radius 1 is 1.20 bits per heavy atom. The smallest absolute Gasteiger partial charge is 0.322 e. The Morgan fingerprint density at radius 3 is 2.64 bits per heavy atom. The minimum Gasteiger partial charge on any atom is -0.322 e. The number of fused-ring (bicyclic) bond motifs is 1. The molecule has 0 aliphatic carbocycles. The lowest BCUT2D eigenvalue weighted by Crippen LogP contribution is -2.34. The first-order chi connectivity index (χ1) is 11.9. The first-order valence-electron chi connectivity index (χ1n) is 7.75. The fourth-order valence-electron chi connectivity index (χ4n) is 2.56. The molecular weight excluding hydrogens is 386 g/mol. The lowest BCUT2D eigenvalue weighted by atomic mass is 10.1. The van der Waals surface area contributed by atoms with E-state index < -0.39 is 5.69 Å². The standard InChI is InChI=1S/C18H16BrN3O3/c1-3-22-17(24)13-7-5-11(8-15(13)21-18(22)25)16(23)20-12-6-4-10(2)14(19)9-12/h4-9H,3H2,1-2H3,(H,20,23)(H,21,25). The van der Waals surface area contributed by atoms with E-state index in [0.717, 1.165) is 14.6 Å². The maximum Gasteiger partial charge on any atom is 0.328 e. The highest BCUT2D eigenvalue weighted by atomic mass is 79.9. The fourth-order valence-corrected chi connectivity index (χ4v) is 2.94. The monoisotopic (exact) mass is 401 g/mol. The van der Waals surface area contributed by atoms with Gasteiger partial charge in [0.15, 0.2) is 0 Å². The average molecular weight is 402 g/mol. The number of aromatic amines is 1. The van der Waals surface area contributed by atoms with Crippen LogP contribution in [-0.4, -0.2) is 15.5 Å². The second kappa shape index (κ2) is 6.68. The zero-order chi connectivity index (χ0) is 18.1. The first kappa shape index (κ1) is 17.2. The molecule has 0 unspecified atom stereocenters. The molecule has 0 saturated carbocycles. The van der Waals surface area contributed by atoms with Gasteiger partial charge in [-0.25, -0.2) is 4.79 Å². The molecule has 7 heteroatoms. The number of anilines is 1. The number of aromatic nitrogens is 2. The summed E-state index contributed by atoms with van der Waals surface area (Å²) in [7, 11) is 0. The number of aryl methyl sites for hydroxylation is 1. The Kier molecular flexibility index (Phi) is 4.59. The van der Waals surface area contributed by atoms with Gasteiger partial charge in [0, 0.05) is 22.3 Å². The second-order valence-corrected chi connectivity index (χ2v) is 6.51. The summed E-state index contributed by atoms with van der Waals surface area (Å²) < 4.78 is 2.01. The van der Waals surface area contributed by atoms with Crippen LogP contribution in [0.5, 0.6) is 0 Å². The molecular formula is C18H16BrN3O3. The number of halogens is 1. The highest BCUT2D eigenvalue weighted by Gasteiger charge is 2.11. The van der Waals surface area contributed by atoms with Gasteiger partial charge in [-0.2, -0.15) is 0 Å². The first-order valence-corrected chi connectivity index (χ1v) is 8.54. The van der Waals surface area contributed by atoms with Crippen molar-refractivity contribution in [3.05, 3.63) is 72.8 Å². The second-order valence-electron chi connectivity index (χ2n) is 5.66. The van der Waals surface area contributed by atoms with Gasteiger partial charge in [-0.05, 0) is 49.7 Å². The SMILES string of the molecule is CCn1c(=O)[nH]c2cc(C(=O)Nc3ccc(C)c(Br)c3)ccc2c1=O. The van der Waals surface area contributed by atoms with Crippen LogP contribution in [0, 0.1) is 6.92 Å². The highest BCUT2D eigenvalue weighted by Crippen LogP contribution is 2.21. The van der Waals surface area contributed by atoms with Crippen molar-refractivity contribution in [1.29, 1.82) is 0 Å². The van der Waals surface area contributed by atoms with Crippen molar-refractivity contribution in [3.8, 4) is 0 Å². The molecule has 128 valence electrons.